The predicted molar refractivity (Wildman–Crippen MR) is 76.5 cm³/mol. The number of aromatic nitrogens is 2. The van der Waals surface area contributed by atoms with E-state index in [1.54, 1.807) is 25.1 Å². The molecule has 1 aromatic heterocycles. The molecule has 0 fully saturated rings. The van der Waals surface area contributed by atoms with Crippen LogP contribution in [-0.4, -0.2) is 23.6 Å². The number of thiocarbonyl (C=S) groups is 1. The molecular weight excluding hydrogens is 284 g/mol. The maximum absolute atomic E-state index is 12.0. The number of nitrogens with two attached hydrogens (primary N) is 1. The molecule has 0 spiro atoms. The number of anilines is 1. The van der Waals surface area contributed by atoms with Gasteiger partial charge in [0.1, 0.15) is 4.99 Å². The van der Waals surface area contributed by atoms with Crippen LogP contribution in [0.15, 0.2) is 35.5 Å². The van der Waals surface area contributed by atoms with Crippen LogP contribution in [0.25, 0.3) is 0 Å². The Labute approximate surface area is 116 Å². The number of rotatable bonds is 4. The third-order valence-corrected chi connectivity index (χ3v) is 4.06. The minimum atomic E-state index is -3.69. The number of hydrogen-bond donors (Lipinski definition) is 3. The Morgan fingerprint density at radius 2 is 2.16 bits per heavy atom. The molecule has 0 aliphatic heterocycles. The number of aryl methyl sites for hydroxylation is 1. The van der Waals surface area contributed by atoms with E-state index in [4.69, 9.17) is 18.0 Å². The van der Waals surface area contributed by atoms with Crippen LogP contribution in [-0.2, 0) is 10.0 Å². The van der Waals surface area contributed by atoms with Crippen molar-refractivity contribution in [1.29, 1.82) is 0 Å². The van der Waals surface area contributed by atoms with Crippen LogP contribution in [0, 0.1) is 6.92 Å². The summed E-state index contributed by atoms with van der Waals surface area (Å²) in [4.78, 5) is 0.210. The number of H-pyrrole nitrogens is 1. The Balaban J connectivity index is 2.39. The first kappa shape index (κ1) is 13.5. The Morgan fingerprint density at radius 1 is 1.42 bits per heavy atom. The number of nitrogens with zero attached hydrogens (tertiary/aromatic N) is 1. The molecule has 1 heterocycles. The third-order valence-electron chi connectivity index (χ3n) is 2.53. The normalized spacial score (nSPS) is 11.2. The molecule has 0 aliphatic carbocycles. The van der Waals surface area contributed by atoms with Crippen molar-refractivity contribution in [3.8, 4) is 0 Å². The fraction of sp³-hybridized carbons (Fsp3) is 0.0909. The summed E-state index contributed by atoms with van der Waals surface area (Å²) in [7, 11) is -3.69. The number of benzene rings is 1. The summed E-state index contributed by atoms with van der Waals surface area (Å²) < 4.78 is 26.6. The van der Waals surface area contributed by atoms with Crippen LogP contribution in [0.2, 0.25) is 0 Å². The molecule has 0 aliphatic rings. The van der Waals surface area contributed by atoms with Crippen molar-refractivity contribution < 1.29 is 8.42 Å². The quantitative estimate of drug-likeness (QED) is 0.735. The van der Waals surface area contributed by atoms with E-state index < -0.39 is 10.0 Å². The van der Waals surface area contributed by atoms with Crippen LogP contribution in [0.4, 0.5) is 5.69 Å². The number of aromatic amines is 1. The highest BCUT2D eigenvalue weighted by molar-refractivity contribution is 7.92. The lowest BCUT2D eigenvalue weighted by molar-refractivity contribution is 0.597. The van der Waals surface area contributed by atoms with Gasteiger partial charge < -0.3 is 5.73 Å². The van der Waals surface area contributed by atoms with Crippen molar-refractivity contribution in [3.63, 3.8) is 0 Å². The average molecular weight is 296 g/mol. The average Bonchev–Trinajstić information content (AvgIpc) is 2.85. The van der Waals surface area contributed by atoms with Gasteiger partial charge in [-0.2, -0.15) is 13.5 Å². The SMILES string of the molecule is Cc1ccc(C(N)=S)cc1NS(=O)(=O)c1ccn[nH]1. The molecule has 8 heteroatoms. The maximum Gasteiger partial charge on any atom is 0.278 e. The summed E-state index contributed by atoms with van der Waals surface area (Å²) in [6, 6.07) is 6.46. The summed E-state index contributed by atoms with van der Waals surface area (Å²) in [5, 5.41) is 6.01. The third kappa shape index (κ3) is 2.91. The van der Waals surface area contributed by atoms with Crippen LogP contribution < -0.4 is 10.5 Å². The van der Waals surface area contributed by atoms with E-state index >= 15 is 0 Å². The lowest BCUT2D eigenvalue weighted by atomic mass is 10.1. The van der Waals surface area contributed by atoms with Gasteiger partial charge in [-0.15, -0.1) is 0 Å². The Kier molecular flexibility index (Phi) is 3.54. The minimum absolute atomic E-state index is 0.00683. The topological polar surface area (TPSA) is 101 Å². The molecule has 19 heavy (non-hydrogen) atoms. The van der Waals surface area contributed by atoms with Crippen LogP contribution in [0.5, 0.6) is 0 Å². The Bertz CT molecular complexity index is 708. The molecule has 0 saturated carbocycles. The Hall–Kier alpha value is -1.93. The zero-order chi connectivity index (χ0) is 14.0. The van der Waals surface area contributed by atoms with E-state index in [9.17, 15) is 8.42 Å². The molecule has 2 rings (SSSR count). The van der Waals surface area contributed by atoms with E-state index in [-0.39, 0.29) is 10.0 Å². The molecule has 6 nitrogen and oxygen atoms in total. The molecule has 0 amide bonds. The van der Waals surface area contributed by atoms with E-state index in [1.165, 1.54) is 12.3 Å². The molecule has 0 unspecified atom stereocenters. The molecule has 1 aromatic carbocycles. The van der Waals surface area contributed by atoms with E-state index in [2.05, 4.69) is 14.9 Å². The van der Waals surface area contributed by atoms with Crippen molar-refractivity contribution in [2.45, 2.75) is 11.9 Å². The number of nitrogens with one attached hydrogen (secondary N) is 2. The summed E-state index contributed by atoms with van der Waals surface area (Å²) in [5.41, 5.74) is 7.33. The summed E-state index contributed by atoms with van der Waals surface area (Å²) in [6.45, 7) is 1.79. The highest BCUT2D eigenvalue weighted by atomic mass is 32.2. The van der Waals surface area contributed by atoms with E-state index in [0.29, 0.717) is 11.3 Å². The van der Waals surface area contributed by atoms with Crippen molar-refractivity contribution in [3.05, 3.63) is 41.6 Å². The molecule has 0 bridgehead atoms. The number of hydrogen-bond acceptors (Lipinski definition) is 4. The molecule has 0 radical (unpaired) electrons. The van der Waals surface area contributed by atoms with E-state index in [0.717, 1.165) is 5.56 Å². The molecule has 0 atom stereocenters. The lowest BCUT2D eigenvalue weighted by Gasteiger charge is -2.10. The van der Waals surface area contributed by atoms with Crippen molar-refractivity contribution in [1.82, 2.24) is 10.2 Å². The van der Waals surface area contributed by atoms with Gasteiger partial charge >= 0.3 is 0 Å². The van der Waals surface area contributed by atoms with E-state index in [1.807, 2.05) is 0 Å². The van der Waals surface area contributed by atoms with Gasteiger partial charge in [0.2, 0.25) is 0 Å². The first-order chi connectivity index (χ1) is 8.90. The van der Waals surface area contributed by atoms with Crippen molar-refractivity contribution in [2.24, 2.45) is 5.73 Å². The standard InChI is InChI=1S/C11H12N4O2S2/c1-7-2-3-8(11(12)18)6-9(7)15-19(16,17)10-4-5-13-14-10/h2-6,15H,1H3,(H2,12,18)(H,13,14). The molecule has 2 aromatic rings. The van der Waals surface area contributed by atoms with Gasteiger partial charge in [0.25, 0.3) is 10.0 Å². The highest BCUT2D eigenvalue weighted by Crippen LogP contribution is 2.20. The van der Waals surface area contributed by atoms with Gasteiger partial charge in [-0.3, -0.25) is 9.82 Å². The fourth-order valence-corrected chi connectivity index (χ4v) is 2.64. The van der Waals surface area contributed by atoms with Crippen LogP contribution in [0.3, 0.4) is 0 Å². The van der Waals surface area contributed by atoms with Gasteiger partial charge in [0, 0.05) is 5.56 Å². The van der Waals surface area contributed by atoms with Gasteiger partial charge in [0.05, 0.1) is 11.9 Å². The van der Waals surface area contributed by atoms with Crippen LogP contribution >= 0.6 is 12.2 Å². The first-order valence-corrected chi connectivity index (χ1v) is 7.22. The minimum Gasteiger partial charge on any atom is -0.389 e. The van der Waals surface area contributed by atoms with Gasteiger partial charge in [-0.25, -0.2) is 0 Å². The smallest absolute Gasteiger partial charge is 0.278 e. The zero-order valence-electron chi connectivity index (χ0n) is 10.0. The van der Waals surface area contributed by atoms with Gasteiger partial charge in [-0.05, 0) is 24.6 Å². The summed E-state index contributed by atoms with van der Waals surface area (Å²) >= 11 is 4.87. The highest BCUT2D eigenvalue weighted by Gasteiger charge is 2.16. The second-order valence-corrected chi connectivity index (χ2v) is 6.01. The summed E-state index contributed by atoms with van der Waals surface area (Å²) in [5.74, 6) is 0. The molecular formula is C11H12N4O2S2. The van der Waals surface area contributed by atoms with Crippen LogP contribution in [0.1, 0.15) is 11.1 Å². The largest absolute Gasteiger partial charge is 0.389 e. The van der Waals surface area contributed by atoms with Gasteiger partial charge in [-0.1, -0.05) is 24.4 Å². The van der Waals surface area contributed by atoms with Crippen molar-refractivity contribution in [2.75, 3.05) is 4.72 Å². The second-order valence-electron chi connectivity index (χ2n) is 3.92. The monoisotopic (exact) mass is 296 g/mol. The van der Waals surface area contributed by atoms with Crippen molar-refractivity contribution >= 4 is 32.9 Å². The first-order valence-electron chi connectivity index (χ1n) is 5.33. The maximum atomic E-state index is 12.0. The Morgan fingerprint density at radius 3 is 2.74 bits per heavy atom. The predicted octanol–water partition coefficient (Wildman–Crippen LogP) is 1.15. The molecule has 4 N–H and O–H groups in total. The zero-order valence-corrected chi connectivity index (χ0v) is 11.7. The second kappa shape index (κ2) is 4.98. The molecule has 0 saturated heterocycles. The lowest BCUT2D eigenvalue weighted by Crippen LogP contribution is -2.16. The molecule has 100 valence electrons. The fourth-order valence-electron chi connectivity index (χ4n) is 1.48. The number of sulfonamides is 1. The summed E-state index contributed by atoms with van der Waals surface area (Å²) in [6.07, 6.45) is 1.37. The van der Waals surface area contributed by atoms with Gasteiger partial charge in [0.15, 0.2) is 5.03 Å².